The fourth-order valence-electron chi connectivity index (χ4n) is 2.39. The van der Waals surface area contributed by atoms with Crippen molar-refractivity contribution in [3.05, 3.63) is 34.1 Å². The third kappa shape index (κ3) is 2.93. The van der Waals surface area contributed by atoms with Gasteiger partial charge in [0.2, 0.25) is 5.91 Å². The van der Waals surface area contributed by atoms with E-state index in [1.54, 1.807) is 0 Å². The highest BCUT2D eigenvalue weighted by molar-refractivity contribution is 5.97. The minimum atomic E-state index is -0.809. The van der Waals surface area contributed by atoms with E-state index < -0.39 is 28.4 Å². The van der Waals surface area contributed by atoms with Crippen LogP contribution in [0.4, 0.5) is 15.8 Å². The van der Waals surface area contributed by atoms with Crippen LogP contribution in [0.1, 0.15) is 19.8 Å². The number of benzene rings is 1. The first kappa shape index (κ1) is 14.4. The van der Waals surface area contributed by atoms with Crippen molar-refractivity contribution in [2.75, 3.05) is 11.9 Å². The molecule has 1 aromatic rings. The minimum absolute atomic E-state index is 0.106. The Morgan fingerprint density at radius 3 is 2.95 bits per heavy atom. The molecule has 0 radical (unpaired) electrons. The van der Waals surface area contributed by atoms with Crippen molar-refractivity contribution < 1.29 is 14.1 Å². The molecular formula is C13H16FN3O3. The maximum absolute atomic E-state index is 13.7. The molecule has 0 aliphatic carbocycles. The number of para-hydroxylation sites is 1. The molecule has 1 fully saturated rings. The van der Waals surface area contributed by atoms with Gasteiger partial charge >= 0.3 is 0 Å². The largest absolute Gasteiger partial charge is 0.317 e. The molecule has 0 bridgehead atoms. The Bertz CT molecular complexity index is 536. The van der Waals surface area contributed by atoms with Crippen LogP contribution in [0.2, 0.25) is 0 Å². The Balaban J connectivity index is 2.21. The fraction of sp³-hybridized carbons (Fsp3) is 0.462. The molecule has 0 spiro atoms. The first-order valence-corrected chi connectivity index (χ1v) is 6.48. The monoisotopic (exact) mass is 281 g/mol. The van der Waals surface area contributed by atoms with Gasteiger partial charge in [-0.1, -0.05) is 13.0 Å². The van der Waals surface area contributed by atoms with E-state index in [9.17, 15) is 19.3 Å². The molecule has 7 heteroatoms. The Morgan fingerprint density at radius 1 is 1.55 bits per heavy atom. The Hall–Kier alpha value is -2.02. The molecule has 2 N–H and O–H groups in total. The number of nitrogens with zero attached hydrogens (tertiary/aromatic N) is 1. The molecule has 1 aliphatic rings. The fourth-order valence-corrected chi connectivity index (χ4v) is 2.39. The minimum Gasteiger partial charge on any atom is -0.317 e. The predicted octanol–water partition coefficient (Wildman–Crippen LogP) is 2.06. The van der Waals surface area contributed by atoms with E-state index in [-0.39, 0.29) is 11.6 Å². The van der Waals surface area contributed by atoms with E-state index in [2.05, 4.69) is 10.6 Å². The third-order valence-corrected chi connectivity index (χ3v) is 3.49. The van der Waals surface area contributed by atoms with Gasteiger partial charge in [-0.3, -0.25) is 14.9 Å². The Labute approximate surface area is 115 Å². The van der Waals surface area contributed by atoms with E-state index in [0.717, 1.165) is 25.0 Å². The lowest BCUT2D eigenvalue weighted by Gasteiger charge is -2.28. The number of carbonyl (C=O) groups is 1. The van der Waals surface area contributed by atoms with Crippen LogP contribution in [0.15, 0.2) is 18.2 Å². The molecule has 0 aromatic heterocycles. The topological polar surface area (TPSA) is 84.3 Å². The van der Waals surface area contributed by atoms with E-state index in [1.165, 1.54) is 6.07 Å². The van der Waals surface area contributed by atoms with Crippen molar-refractivity contribution in [2.24, 2.45) is 5.92 Å². The average Bonchev–Trinajstić information content (AvgIpc) is 2.41. The molecule has 2 rings (SSSR count). The smallest absolute Gasteiger partial charge is 0.295 e. The first-order valence-electron chi connectivity index (χ1n) is 6.48. The molecule has 1 aromatic carbocycles. The maximum Gasteiger partial charge on any atom is 0.295 e. The highest BCUT2D eigenvalue weighted by Gasteiger charge is 2.29. The van der Waals surface area contributed by atoms with E-state index in [4.69, 9.17) is 0 Å². The normalized spacial score (nSPS) is 22.3. The number of halogens is 1. The standard InChI is InChI=1S/C13H16FN3O3/c1-8-4-3-7-15-11(8)13(18)16-12-9(14)5-2-6-10(12)17(19)20/h2,5-6,8,11,15H,3-4,7H2,1H3,(H,16,18). The SMILES string of the molecule is CC1CCCNC1C(=O)Nc1c(F)cccc1[N+](=O)[O-]. The van der Waals surface area contributed by atoms with Gasteiger partial charge < -0.3 is 10.6 Å². The summed E-state index contributed by atoms with van der Waals surface area (Å²) in [5.41, 5.74) is -0.816. The number of nitro groups is 1. The molecular weight excluding hydrogens is 265 g/mol. The van der Waals surface area contributed by atoms with Gasteiger partial charge in [0.25, 0.3) is 5.69 Å². The van der Waals surface area contributed by atoms with Crippen LogP contribution in [0, 0.1) is 21.8 Å². The van der Waals surface area contributed by atoms with Crippen LogP contribution in [0.25, 0.3) is 0 Å². The third-order valence-electron chi connectivity index (χ3n) is 3.49. The van der Waals surface area contributed by atoms with Crippen molar-refractivity contribution in [3.8, 4) is 0 Å². The molecule has 6 nitrogen and oxygen atoms in total. The summed E-state index contributed by atoms with van der Waals surface area (Å²) < 4.78 is 13.7. The zero-order valence-corrected chi connectivity index (χ0v) is 11.1. The zero-order valence-electron chi connectivity index (χ0n) is 11.1. The van der Waals surface area contributed by atoms with E-state index in [1.807, 2.05) is 6.92 Å². The maximum atomic E-state index is 13.7. The Kier molecular flexibility index (Phi) is 4.29. The van der Waals surface area contributed by atoms with Crippen molar-refractivity contribution in [1.82, 2.24) is 5.32 Å². The van der Waals surface area contributed by atoms with E-state index in [0.29, 0.717) is 6.54 Å². The molecule has 1 saturated heterocycles. The summed E-state index contributed by atoms with van der Waals surface area (Å²) in [4.78, 5) is 22.3. The molecule has 1 amide bonds. The second-order valence-corrected chi connectivity index (χ2v) is 4.93. The zero-order chi connectivity index (χ0) is 14.7. The lowest BCUT2D eigenvalue weighted by molar-refractivity contribution is -0.384. The lowest BCUT2D eigenvalue weighted by Crippen LogP contribution is -2.48. The van der Waals surface area contributed by atoms with Gasteiger partial charge in [0.05, 0.1) is 11.0 Å². The van der Waals surface area contributed by atoms with Gasteiger partial charge in [-0.15, -0.1) is 0 Å². The number of hydrogen-bond donors (Lipinski definition) is 2. The Morgan fingerprint density at radius 2 is 2.30 bits per heavy atom. The molecule has 20 heavy (non-hydrogen) atoms. The van der Waals surface area contributed by atoms with Crippen molar-refractivity contribution in [2.45, 2.75) is 25.8 Å². The van der Waals surface area contributed by atoms with Gasteiger partial charge in [0, 0.05) is 6.07 Å². The molecule has 1 heterocycles. The van der Waals surface area contributed by atoms with Crippen molar-refractivity contribution in [1.29, 1.82) is 0 Å². The van der Waals surface area contributed by atoms with Gasteiger partial charge in [-0.25, -0.2) is 4.39 Å². The second-order valence-electron chi connectivity index (χ2n) is 4.93. The highest BCUT2D eigenvalue weighted by Crippen LogP contribution is 2.28. The van der Waals surface area contributed by atoms with E-state index >= 15 is 0 Å². The van der Waals surface area contributed by atoms with Crippen LogP contribution >= 0.6 is 0 Å². The van der Waals surface area contributed by atoms with Crippen LogP contribution in [0.5, 0.6) is 0 Å². The molecule has 1 aliphatic heterocycles. The number of rotatable bonds is 3. The summed E-state index contributed by atoms with van der Waals surface area (Å²) in [6.45, 7) is 2.63. The number of hydrogen-bond acceptors (Lipinski definition) is 4. The number of amides is 1. The quantitative estimate of drug-likeness (QED) is 0.656. The summed E-state index contributed by atoms with van der Waals surface area (Å²) in [7, 11) is 0. The highest BCUT2D eigenvalue weighted by atomic mass is 19.1. The number of nitro benzene ring substituents is 1. The van der Waals surface area contributed by atoms with Crippen LogP contribution in [-0.4, -0.2) is 23.4 Å². The number of piperidine rings is 1. The number of carbonyl (C=O) groups excluding carboxylic acids is 1. The van der Waals surface area contributed by atoms with Gasteiger partial charge in [0.1, 0.15) is 0 Å². The van der Waals surface area contributed by atoms with Gasteiger partial charge in [0.15, 0.2) is 11.5 Å². The van der Waals surface area contributed by atoms with Crippen molar-refractivity contribution in [3.63, 3.8) is 0 Å². The summed E-state index contributed by atoms with van der Waals surface area (Å²) in [5, 5.41) is 16.3. The summed E-state index contributed by atoms with van der Waals surface area (Å²) >= 11 is 0. The molecule has 108 valence electrons. The van der Waals surface area contributed by atoms with Gasteiger partial charge in [-0.2, -0.15) is 0 Å². The van der Waals surface area contributed by atoms with Crippen LogP contribution in [-0.2, 0) is 4.79 Å². The van der Waals surface area contributed by atoms with Crippen LogP contribution < -0.4 is 10.6 Å². The summed E-state index contributed by atoms with van der Waals surface area (Å²) in [6.07, 6.45) is 1.87. The van der Waals surface area contributed by atoms with Gasteiger partial charge in [-0.05, 0) is 31.4 Å². The molecule has 2 unspecified atom stereocenters. The summed E-state index contributed by atoms with van der Waals surface area (Å²) in [6, 6.07) is 3.03. The summed E-state index contributed by atoms with van der Waals surface area (Å²) in [5.74, 6) is -1.14. The number of anilines is 1. The average molecular weight is 281 g/mol. The molecule has 2 atom stereocenters. The number of nitrogens with one attached hydrogen (secondary N) is 2. The molecule has 0 saturated carbocycles. The second kappa shape index (κ2) is 5.96. The predicted molar refractivity (Wildman–Crippen MR) is 71.9 cm³/mol. The lowest BCUT2D eigenvalue weighted by atomic mass is 9.92. The van der Waals surface area contributed by atoms with Crippen LogP contribution in [0.3, 0.4) is 0 Å². The first-order chi connectivity index (χ1) is 9.50. The van der Waals surface area contributed by atoms with Crippen molar-refractivity contribution >= 4 is 17.3 Å².